The van der Waals surface area contributed by atoms with Crippen LogP contribution in [0.1, 0.15) is 11.3 Å². The Balaban J connectivity index is 2.45. The van der Waals surface area contributed by atoms with Crippen LogP contribution in [-0.4, -0.2) is 17.6 Å². The number of isocyanates is 1. The fraction of sp³-hybridized carbons (Fsp3) is 0.231. The summed E-state index contributed by atoms with van der Waals surface area (Å²) < 4.78 is 0. The van der Waals surface area contributed by atoms with E-state index >= 15 is 0 Å². The van der Waals surface area contributed by atoms with Crippen LogP contribution in [0.25, 0.3) is 10.9 Å². The minimum Gasteiger partial charge on any atom is -0.253 e. The molecular formula is C13H12N2O. The molecule has 3 heteroatoms. The van der Waals surface area contributed by atoms with Crippen LogP contribution >= 0.6 is 0 Å². The molecule has 0 spiro atoms. The number of para-hydroxylation sites is 1. The maximum absolute atomic E-state index is 10.0. The zero-order valence-corrected chi connectivity index (χ0v) is 9.10. The lowest BCUT2D eigenvalue weighted by Gasteiger charge is -2.05. The molecule has 1 aromatic heterocycles. The van der Waals surface area contributed by atoms with Crippen molar-refractivity contribution in [2.24, 2.45) is 4.99 Å². The van der Waals surface area contributed by atoms with Gasteiger partial charge in [-0.1, -0.05) is 18.2 Å². The van der Waals surface area contributed by atoms with E-state index in [1.807, 2.05) is 37.3 Å². The fourth-order valence-corrected chi connectivity index (χ4v) is 1.82. The number of hydrogen-bond acceptors (Lipinski definition) is 3. The molecule has 16 heavy (non-hydrogen) atoms. The molecule has 80 valence electrons. The van der Waals surface area contributed by atoms with Gasteiger partial charge in [0.1, 0.15) is 0 Å². The summed E-state index contributed by atoms with van der Waals surface area (Å²) in [5.74, 6) is 0. The maximum atomic E-state index is 10.0. The van der Waals surface area contributed by atoms with E-state index in [0.29, 0.717) is 6.54 Å². The Kier molecular flexibility index (Phi) is 3.08. The van der Waals surface area contributed by atoms with Gasteiger partial charge in [-0.15, -0.1) is 0 Å². The molecule has 0 bridgehead atoms. The van der Waals surface area contributed by atoms with Crippen molar-refractivity contribution in [3.63, 3.8) is 0 Å². The Morgan fingerprint density at radius 2 is 2.19 bits per heavy atom. The number of hydrogen-bond donors (Lipinski definition) is 0. The molecular weight excluding hydrogens is 200 g/mol. The topological polar surface area (TPSA) is 42.3 Å². The van der Waals surface area contributed by atoms with Crippen molar-refractivity contribution in [2.45, 2.75) is 13.3 Å². The lowest BCUT2D eigenvalue weighted by atomic mass is 10.1. The first kappa shape index (κ1) is 10.5. The van der Waals surface area contributed by atoms with Gasteiger partial charge < -0.3 is 0 Å². The normalized spacial score (nSPS) is 10.1. The predicted molar refractivity (Wildman–Crippen MR) is 63.2 cm³/mol. The van der Waals surface area contributed by atoms with Crippen LogP contribution in [0.4, 0.5) is 0 Å². The highest BCUT2D eigenvalue weighted by atomic mass is 16.1. The van der Waals surface area contributed by atoms with E-state index < -0.39 is 0 Å². The number of fused-ring (bicyclic) bond motifs is 1. The summed E-state index contributed by atoms with van der Waals surface area (Å²) in [6.45, 7) is 2.45. The number of rotatable bonds is 3. The molecule has 2 aromatic rings. The van der Waals surface area contributed by atoms with Crippen LogP contribution in [0.5, 0.6) is 0 Å². The average Bonchev–Trinajstić information content (AvgIpc) is 2.29. The van der Waals surface area contributed by atoms with Crippen molar-refractivity contribution in [3.05, 3.63) is 41.6 Å². The van der Waals surface area contributed by atoms with Gasteiger partial charge in [-0.05, 0) is 31.0 Å². The van der Waals surface area contributed by atoms with E-state index in [1.165, 1.54) is 5.56 Å². The zero-order valence-electron chi connectivity index (χ0n) is 9.10. The highest BCUT2D eigenvalue weighted by Crippen LogP contribution is 2.18. The quantitative estimate of drug-likeness (QED) is 0.579. The SMILES string of the molecule is Cc1cc(CCN=C=O)c2ccccc2n1. The summed E-state index contributed by atoms with van der Waals surface area (Å²) >= 11 is 0. The number of carbonyl (C=O) groups excluding carboxylic acids is 1. The van der Waals surface area contributed by atoms with Crippen LogP contribution < -0.4 is 0 Å². The average molecular weight is 212 g/mol. The molecule has 0 unspecified atom stereocenters. The second kappa shape index (κ2) is 4.69. The largest absolute Gasteiger partial charge is 0.253 e. The highest BCUT2D eigenvalue weighted by molar-refractivity contribution is 5.82. The van der Waals surface area contributed by atoms with E-state index in [4.69, 9.17) is 0 Å². The molecule has 0 amide bonds. The third-order valence-electron chi connectivity index (χ3n) is 2.49. The number of aryl methyl sites for hydroxylation is 1. The van der Waals surface area contributed by atoms with Gasteiger partial charge in [0, 0.05) is 11.1 Å². The second-order valence-electron chi connectivity index (χ2n) is 3.66. The lowest BCUT2D eigenvalue weighted by Crippen LogP contribution is -1.94. The first-order valence-corrected chi connectivity index (χ1v) is 5.20. The van der Waals surface area contributed by atoms with Gasteiger partial charge in [0.15, 0.2) is 0 Å². The Labute approximate surface area is 93.8 Å². The molecule has 3 nitrogen and oxygen atoms in total. The van der Waals surface area contributed by atoms with Gasteiger partial charge in [0.2, 0.25) is 6.08 Å². The molecule has 1 aromatic carbocycles. The summed E-state index contributed by atoms with van der Waals surface area (Å²) in [6.07, 6.45) is 2.31. The molecule has 0 radical (unpaired) electrons. The van der Waals surface area contributed by atoms with Crippen molar-refractivity contribution < 1.29 is 4.79 Å². The standard InChI is InChI=1S/C13H12N2O/c1-10-8-11(6-7-14-9-16)12-4-2-3-5-13(12)15-10/h2-5,8H,6-7H2,1H3. The number of aliphatic imine (C=N–C) groups is 1. The van der Waals surface area contributed by atoms with E-state index in [1.54, 1.807) is 6.08 Å². The number of aromatic nitrogens is 1. The third kappa shape index (κ3) is 2.15. The van der Waals surface area contributed by atoms with E-state index in [0.717, 1.165) is 23.0 Å². The van der Waals surface area contributed by atoms with Gasteiger partial charge in [-0.2, -0.15) is 0 Å². The lowest BCUT2D eigenvalue weighted by molar-refractivity contribution is 0.563. The summed E-state index contributed by atoms with van der Waals surface area (Å²) in [5, 5.41) is 1.13. The van der Waals surface area contributed by atoms with Crippen molar-refractivity contribution in [1.82, 2.24) is 4.98 Å². The molecule has 0 atom stereocenters. The van der Waals surface area contributed by atoms with Gasteiger partial charge in [-0.25, -0.2) is 9.79 Å². The summed E-state index contributed by atoms with van der Waals surface area (Å²) in [4.78, 5) is 18.1. The summed E-state index contributed by atoms with van der Waals surface area (Å²) in [7, 11) is 0. The Morgan fingerprint density at radius 3 is 3.00 bits per heavy atom. The maximum Gasteiger partial charge on any atom is 0.234 e. The van der Waals surface area contributed by atoms with Crippen LogP contribution in [0.2, 0.25) is 0 Å². The van der Waals surface area contributed by atoms with Gasteiger partial charge in [0.05, 0.1) is 12.1 Å². The molecule has 2 rings (SSSR count). The van der Waals surface area contributed by atoms with Gasteiger partial charge >= 0.3 is 0 Å². The minimum atomic E-state index is 0.483. The van der Waals surface area contributed by atoms with Crippen LogP contribution in [0.3, 0.4) is 0 Å². The molecule has 0 aliphatic carbocycles. The smallest absolute Gasteiger partial charge is 0.234 e. The van der Waals surface area contributed by atoms with Crippen LogP contribution in [0.15, 0.2) is 35.3 Å². The fourth-order valence-electron chi connectivity index (χ4n) is 1.82. The third-order valence-corrected chi connectivity index (χ3v) is 2.49. The zero-order chi connectivity index (χ0) is 11.4. The summed E-state index contributed by atoms with van der Waals surface area (Å²) in [6, 6.07) is 10.0. The van der Waals surface area contributed by atoms with Crippen molar-refractivity contribution in [1.29, 1.82) is 0 Å². The molecule has 1 heterocycles. The highest BCUT2D eigenvalue weighted by Gasteiger charge is 2.02. The van der Waals surface area contributed by atoms with Crippen molar-refractivity contribution in [3.8, 4) is 0 Å². The molecule has 0 aliphatic rings. The summed E-state index contributed by atoms with van der Waals surface area (Å²) in [5.41, 5.74) is 3.17. The van der Waals surface area contributed by atoms with Crippen LogP contribution in [-0.2, 0) is 11.2 Å². The van der Waals surface area contributed by atoms with Crippen LogP contribution in [0, 0.1) is 6.92 Å². The van der Waals surface area contributed by atoms with Crippen molar-refractivity contribution in [2.75, 3.05) is 6.54 Å². The first-order chi connectivity index (χ1) is 7.81. The van der Waals surface area contributed by atoms with E-state index in [-0.39, 0.29) is 0 Å². The molecule has 0 N–H and O–H groups in total. The molecule has 0 saturated carbocycles. The number of pyridine rings is 1. The Hall–Kier alpha value is -1.99. The molecule has 0 saturated heterocycles. The predicted octanol–water partition coefficient (Wildman–Crippen LogP) is 2.42. The van der Waals surface area contributed by atoms with Crippen molar-refractivity contribution >= 4 is 17.0 Å². The Morgan fingerprint density at radius 1 is 1.38 bits per heavy atom. The van der Waals surface area contributed by atoms with E-state index in [2.05, 4.69) is 9.98 Å². The number of benzene rings is 1. The molecule has 0 fully saturated rings. The molecule has 0 aliphatic heterocycles. The Bertz CT molecular complexity index is 557. The van der Waals surface area contributed by atoms with E-state index in [9.17, 15) is 4.79 Å². The monoisotopic (exact) mass is 212 g/mol. The minimum absolute atomic E-state index is 0.483. The number of nitrogens with zero attached hydrogens (tertiary/aromatic N) is 2. The second-order valence-corrected chi connectivity index (χ2v) is 3.66. The first-order valence-electron chi connectivity index (χ1n) is 5.20. The van der Waals surface area contributed by atoms with Gasteiger partial charge in [-0.3, -0.25) is 4.98 Å². The van der Waals surface area contributed by atoms with Gasteiger partial charge in [0.25, 0.3) is 0 Å².